The molecule has 2 aromatic heterocycles. The van der Waals surface area contributed by atoms with Crippen molar-refractivity contribution in [1.29, 1.82) is 0 Å². The maximum absolute atomic E-state index is 12.8. The van der Waals surface area contributed by atoms with E-state index in [4.69, 9.17) is 5.73 Å². The van der Waals surface area contributed by atoms with Crippen LogP contribution in [0.3, 0.4) is 0 Å². The molecule has 5 nitrogen and oxygen atoms in total. The van der Waals surface area contributed by atoms with Crippen molar-refractivity contribution < 1.29 is 4.79 Å². The molecule has 2 atom stereocenters. The van der Waals surface area contributed by atoms with Crippen molar-refractivity contribution in [3.8, 4) is 0 Å². The normalized spacial score (nSPS) is 21.9. The van der Waals surface area contributed by atoms with E-state index in [9.17, 15) is 4.79 Å². The molecule has 7 heteroatoms. The third kappa shape index (κ3) is 2.87. The van der Waals surface area contributed by atoms with Gasteiger partial charge >= 0.3 is 0 Å². The molecule has 2 aromatic rings. The third-order valence-corrected chi connectivity index (χ3v) is 5.61. The van der Waals surface area contributed by atoms with Crippen LogP contribution >= 0.6 is 23.7 Å². The third-order valence-electron chi connectivity index (χ3n) is 4.42. The molecule has 22 heavy (non-hydrogen) atoms. The van der Waals surface area contributed by atoms with Crippen LogP contribution in [0.4, 0.5) is 0 Å². The van der Waals surface area contributed by atoms with Gasteiger partial charge in [0, 0.05) is 31.6 Å². The molecule has 1 saturated heterocycles. The number of thiophene rings is 1. The summed E-state index contributed by atoms with van der Waals surface area (Å²) in [5.74, 6) is 0.773. The zero-order chi connectivity index (χ0) is 15.1. The van der Waals surface area contributed by atoms with Crippen molar-refractivity contribution in [3.05, 3.63) is 16.6 Å². The Kier molecular flexibility index (Phi) is 5.14. The average Bonchev–Trinajstić information content (AvgIpc) is 3.00. The molecule has 0 spiro atoms. The highest BCUT2D eigenvalue weighted by Crippen LogP contribution is 2.30. The number of likely N-dealkylation sites (tertiary alicyclic amines) is 1. The molecule has 1 amide bonds. The summed E-state index contributed by atoms with van der Waals surface area (Å²) in [6.07, 6.45) is 2.07. The van der Waals surface area contributed by atoms with E-state index < -0.39 is 0 Å². The lowest BCUT2D eigenvalue weighted by Crippen LogP contribution is -2.49. The van der Waals surface area contributed by atoms with Gasteiger partial charge in [0.1, 0.15) is 4.83 Å². The summed E-state index contributed by atoms with van der Waals surface area (Å²) in [5, 5.41) is 5.47. The summed E-state index contributed by atoms with van der Waals surface area (Å²) in [4.78, 5) is 16.6. The highest BCUT2D eigenvalue weighted by Gasteiger charge is 2.30. The number of amides is 1. The Bertz CT molecular complexity index is 646. The van der Waals surface area contributed by atoms with Gasteiger partial charge in [-0.25, -0.2) is 0 Å². The van der Waals surface area contributed by atoms with Crippen LogP contribution in [-0.2, 0) is 7.05 Å². The standard InChI is InChI=1S/C15H22N4OS.ClH/c1-9-4-5-19(11(6-9)8-16)14(20)13-7-12-10(2)17-18(3)15(12)21-13;/h7,9,11H,4-6,8,16H2,1-3H3;1H. The Morgan fingerprint density at radius 2 is 2.27 bits per heavy atom. The van der Waals surface area contributed by atoms with Gasteiger partial charge in [-0.05, 0) is 31.7 Å². The summed E-state index contributed by atoms with van der Waals surface area (Å²) >= 11 is 1.53. The van der Waals surface area contributed by atoms with Crippen molar-refractivity contribution >= 4 is 39.9 Å². The van der Waals surface area contributed by atoms with Gasteiger partial charge in [-0.1, -0.05) is 6.92 Å². The lowest BCUT2D eigenvalue weighted by Gasteiger charge is -2.37. The number of nitrogens with zero attached hydrogens (tertiary/aromatic N) is 3. The maximum Gasteiger partial charge on any atom is 0.264 e. The lowest BCUT2D eigenvalue weighted by atomic mass is 9.92. The van der Waals surface area contributed by atoms with Gasteiger partial charge in [-0.3, -0.25) is 9.48 Å². The van der Waals surface area contributed by atoms with Crippen LogP contribution in [-0.4, -0.2) is 39.7 Å². The van der Waals surface area contributed by atoms with Crippen LogP contribution in [0.1, 0.15) is 35.1 Å². The molecule has 2 N–H and O–H groups in total. The highest BCUT2D eigenvalue weighted by molar-refractivity contribution is 7.20. The first-order valence-electron chi connectivity index (χ1n) is 7.45. The molecule has 0 bridgehead atoms. The Morgan fingerprint density at radius 1 is 1.55 bits per heavy atom. The monoisotopic (exact) mass is 342 g/mol. The minimum absolute atomic E-state index is 0. The van der Waals surface area contributed by atoms with Crippen LogP contribution < -0.4 is 5.73 Å². The largest absolute Gasteiger partial charge is 0.334 e. The number of halogens is 1. The molecule has 122 valence electrons. The zero-order valence-electron chi connectivity index (χ0n) is 13.2. The summed E-state index contributed by atoms with van der Waals surface area (Å²) in [6, 6.07) is 2.15. The van der Waals surface area contributed by atoms with Crippen LogP contribution in [0.15, 0.2) is 6.07 Å². The number of fused-ring (bicyclic) bond motifs is 1. The molecule has 0 saturated carbocycles. The van der Waals surface area contributed by atoms with E-state index >= 15 is 0 Å². The molecule has 0 radical (unpaired) electrons. The highest BCUT2D eigenvalue weighted by atomic mass is 35.5. The molecule has 2 unspecified atom stereocenters. The molecule has 0 aromatic carbocycles. The molecule has 1 aliphatic rings. The van der Waals surface area contributed by atoms with Gasteiger partial charge in [0.15, 0.2) is 0 Å². The summed E-state index contributed by atoms with van der Waals surface area (Å²) in [6.45, 7) is 5.57. The molecule has 1 fully saturated rings. The van der Waals surface area contributed by atoms with Crippen LogP contribution in [0.2, 0.25) is 0 Å². The quantitative estimate of drug-likeness (QED) is 0.912. The van der Waals surface area contributed by atoms with Crippen molar-refractivity contribution in [2.45, 2.75) is 32.7 Å². The number of nitrogens with two attached hydrogens (primary N) is 1. The van der Waals surface area contributed by atoms with Gasteiger partial charge < -0.3 is 10.6 Å². The minimum Gasteiger partial charge on any atom is -0.334 e. The van der Waals surface area contributed by atoms with Gasteiger partial charge in [0.2, 0.25) is 0 Å². The SMILES string of the molecule is Cc1nn(C)c2sc(C(=O)N3CCC(C)CC3CN)cc12.Cl. The van der Waals surface area contributed by atoms with Gasteiger partial charge in [0.05, 0.1) is 10.6 Å². The molecular formula is C15H23ClN4OS. The number of hydrogen-bond acceptors (Lipinski definition) is 4. The fraction of sp³-hybridized carbons (Fsp3) is 0.600. The van der Waals surface area contributed by atoms with Crippen molar-refractivity contribution in [1.82, 2.24) is 14.7 Å². The molecule has 1 aliphatic heterocycles. The number of aromatic nitrogens is 2. The van der Waals surface area contributed by atoms with Crippen molar-refractivity contribution in [2.75, 3.05) is 13.1 Å². The summed E-state index contributed by atoms with van der Waals surface area (Å²) in [5.41, 5.74) is 6.85. The average molecular weight is 343 g/mol. The van der Waals surface area contributed by atoms with Crippen molar-refractivity contribution in [3.63, 3.8) is 0 Å². The van der Waals surface area contributed by atoms with E-state index in [1.165, 1.54) is 11.3 Å². The Morgan fingerprint density at radius 3 is 2.91 bits per heavy atom. The van der Waals surface area contributed by atoms with Crippen LogP contribution in [0.25, 0.3) is 10.2 Å². The van der Waals surface area contributed by atoms with Gasteiger partial charge in [0.25, 0.3) is 5.91 Å². The second-order valence-electron chi connectivity index (χ2n) is 6.06. The van der Waals surface area contributed by atoms with Crippen molar-refractivity contribution in [2.24, 2.45) is 18.7 Å². The Balaban J connectivity index is 0.00000176. The van der Waals surface area contributed by atoms with E-state index in [1.54, 1.807) is 0 Å². The number of aryl methyl sites for hydroxylation is 2. The fourth-order valence-corrected chi connectivity index (χ4v) is 4.27. The molecule has 0 aliphatic carbocycles. The second-order valence-corrected chi connectivity index (χ2v) is 7.09. The van der Waals surface area contributed by atoms with E-state index in [0.29, 0.717) is 12.5 Å². The smallest absolute Gasteiger partial charge is 0.264 e. The van der Waals surface area contributed by atoms with E-state index in [0.717, 1.165) is 40.2 Å². The number of rotatable bonds is 2. The first kappa shape index (κ1) is 17.2. The zero-order valence-corrected chi connectivity index (χ0v) is 14.8. The summed E-state index contributed by atoms with van der Waals surface area (Å²) in [7, 11) is 1.92. The number of carbonyl (C=O) groups excluding carboxylic acids is 1. The number of piperidine rings is 1. The topological polar surface area (TPSA) is 64.2 Å². The predicted octanol–water partition coefficient (Wildman–Crippen LogP) is 2.56. The minimum atomic E-state index is 0. The van der Waals surface area contributed by atoms with E-state index in [1.807, 2.05) is 29.6 Å². The first-order chi connectivity index (χ1) is 10.0. The molecular weight excluding hydrogens is 320 g/mol. The van der Waals surface area contributed by atoms with Gasteiger partial charge in [-0.2, -0.15) is 5.10 Å². The molecule has 3 heterocycles. The number of carbonyl (C=O) groups is 1. The lowest BCUT2D eigenvalue weighted by molar-refractivity contribution is 0.0579. The fourth-order valence-electron chi connectivity index (χ4n) is 3.19. The maximum atomic E-state index is 12.8. The van der Waals surface area contributed by atoms with Crippen LogP contribution in [0, 0.1) is 12.8 Å². The summed E-state index contributed by atoms with van der Waals surface area (Å²) < 4.78 is 1.85. The Hall–Kier alpha value is -1.11. The number of hydrogen-bond donors (Lipinski definition) is 1. The predicted molar refractivity (Wildman–Crippen MR) is 92.9 cm³/mol. The second kappa shape index (κ2) is 6.56. The first-order valence-corrected chi connectivity index (χ1v) is 8.27. The molecule has 3 rings (SSSR count). The van der Waals surface area contributed by atoms with Crippen LogP contribution in [0.5, 0.6) is 0 Å². The Labute approximate surface area is 140 Å². The van der Waals surface area contributed by atoms with E-state index in [-0.39, 0.29) is 24.4 Å². The van der Waals surface area contributed by atoms with E-state index in [2.05, 4.69) is 12.0 Å². The van der Waals surface area contributed by atoms with Gasteiger partial charge in [-0.15, -0.1) is 23.7 Å².